The predicted octanol–water partition coefficient (Wildman–Crippen LogP) is 6.39. The molecule has 0 fully saturated rings. The molecule has 140 valence electrons. The van der Waals surface area contributed by atoms with Gasteiger partial charge in [0.2, 0.25) is 0 Å². The summed E-state index contributed by atoms with van der Waals surface area (Å²) < 4.78 is 24.7. The molecule has 0 bridgehead atoms. The van der Waals surface area contributed by atoms with E-state index in [0.717, 1.165) is 47.5 Å². The second-order valence-corrected chi connectivity index (χ2v) is 7.00. The molecule has 0 aliphatic rings. The van der Waals surface area contributed by atoms with Crippen LogP contribution >= 0.6 is 0 Å². The van der Waals surface area contributed by atoms with Gasteiger partial charge in [-0.2, -0.15) is 0 Å². The van der Waals surface area contributed by atoms with Crippen LogP contribution in [0.5, 0.6) is 11.5 Å². The normalized spacial score (nSPS) is 12.2. The lowest BCUT2D eigenvalue weighted by molar-refractivity contribution is 0.392. The lowest BCUT2D eigenvalue weighted by atomic mass is 9.74. The van der Waals surface area contributed by atoms with Crippen LogP contribution in [0, 0.1) is 5.82 Å². The highest BCUT2D eigenvalue weighted by Crippen LogP contribution is 2.41. The summed E-state index contributed by atoms with van der Waals surface area (Å²) >= 11 is 0. The van der Waals surface area contributed by atoms with E-state index in [-0.39, 0.29) is 11.2 Å². The number of halogens is 1. The smallest absolute Gasteiger partial charge is 0.123 e. The van der Waals surface area contributed by atoms with Crippen LogP contribution in [0.2, 0.25) is 0 Å². The third kappa shape index (κ3) is 4.66. The fraction of sp³-hybridized carbons (Fsp3) is 0.391. The molecule has 0 aliphatic carbocycles. The van der Waals surface area contributed by atoms with Gasteiger partial charge in [0.25, 0.3) is 0 Å². The van der Waals surface area contributed by atoms with Gasteiger partial charge in [0, 0.05) is 11.5 Å². The molecule has 3 heteroatoms. The van der Waals surface area contributed by atoms with Crippen LogP contribution in [0.25, 0.3) is 5.57 Å². The Kier molecular flexibility index (Phi) is 6.84. The molecule has 2 aromatic rings. The van der Waals surface area contributed by atoms with Gasteiger partial charge in [0.05, 0.1) is 14.2 Å². The third-order valence-corrected chi connectivity index (χ3v) is 4.79. The lowest BCUT2D eigenvalue weighted by Gasteiger charge is -2.30. The number of hydrogen-bond donors (Lipinski definition) is 0. The number of rotatable bonds is 8. The van der Waals surface area contributed by atoms with Crippen molar-refractivity contribution in [2.24, 2.45) is 0 Å². The highest BCUT2D eigenvalue weighted by molar-refractivity contribution is 5.75. The summed E-state index contributed by atoms with van der Waals surface area (Å²) in [6.45, 7) is 6.49. The minimum absolute atomic E-state index is 0.220. The van der Waals surface area contributed by atoms with Crippen molar-refractivity contribution >= 4 is 5.57 Å². The van der Waals surface area contributed by atoms with Gasteiger partial charge >= 0.3 is 0 Å². The molecule has 0 amide bonds. The molecule has 0 N–H and O–H groups in total. The van der Waals surface area contributed by atoms with Crippen LogP contribution in [-0.4, -0.2) is 14.2 Å². The number of unbranched alkanes of at least 4 members (excludes halogenated alkanes) is 2. The van der Waals surface area contributed by atoms with Gasteiger partial charge in [-0.3, -0.25) is 0 Å². The summed E-state index contributed by atoms with van der Waals surface area (Å²) in [5, 5.41) is 0. The minimum atomic E-state index is -0.330. The molecule has 0 aliphatic heterocycles. The quantitative estimate of drug-likeness (QED) is 0.510. The average Bonchev–Trinajstić information content (AvgIpc) is 2.64. The first kappa shape index (κ1) is 20.0. The Morgan fingerprint density at radius 2 is 1.69 bits per heavy atom. The summed E-state index contributed by atoms with van der Waals surface area (Å²) in [4.78, 5) is 0. The Hall–Kier alpha value is -2.29. The molecule has 0 aromatic heterocycles. The van der Waals surface area contributed by atoms with Gasteiger partial charge < -0.3 is 9.47 Å². The van der Waals surface area contributed by atoms with Crippen molar-refractivity contribution in [3.05, 3.63) is 65.5 Å². The largest absolute Gasteiger partial charge is 0.497 e. The highest BCUT2D eigenvalue weighted by atomic mass is 19.1. The molecule has 26 heavy (non-hydrogen) atoms. The molecule has 0 saturated heterocycles. The van der Waals surface area contributed by atoms with Crippen molar-refractivity contribution in [3.8, 4) is 11.5 Å². The SMILES string of the molecule is CCCC/C=C(\c1cccc(F)c1)C(C)(C)c1cc(OC)cc(OC)c1. The fourth-order valence-electron chi connectivity index (χ4n) is 3.16. The van der Waals surface area contributed by atoms with Gasteiger partial charge in [-0.1, -0.05) is 51.8 Å². The summed E-state index contributed by atoms with van der Waals surface area (Å²) in [5.74, 6) is 1.28. The topological polar surface area (TPSA) is 18.5 Å². The molecule has 0 radical (unpaired) electrons. The lowest BCUT2D eigenvalue weighted by Crippen LogP contribution is -2.20. The molecular weight excluding hydrogens is 327 g/mol. The summed E-state index contributed by atoms with van der Waals surface area (Å²) in [7, 11) is 3.30. The zero-order valence-corrected chi connectivity index (χ0v) is 16.4. The zero-order valence-electron chi connectivity index (χ0n) is 16.4. The molecule has 0 spiro atoms. The van der Waals surface area contributed by atoms with Crippen molar-refractivity contribution in [2.75, 3.05) is 14.2 Å². The molecule has 2 aromatic carbocycles. The van der Waals surface area contributed by atoms with E-state index in [9.17, 15) is 4.39 Å². The van der Waals surface area contributed by atoms with Crippen LogP contribution in [0.15, 0.2) is 48.5 Å². The number of benzene rings is 2. The summed E-state index contributed by atoms with van der Waals surface area (Å²) in [6.07, 6.45) is 5.44. The van der Waals surface area contributed by atoms with E-state index >= 15 is 0 Å². The molecular formula is C23H29FO2. The maximum absolute atomic E-state index is 13.9. The van der Waals surface area contributed by atoms with E-state index in [0.29, 0.717) is 0 Å². The molecule has 0 atom stereocenters. The van der Waals surface area contributed by atoms with Crippen molar-refractivity contribution < 1.29 is 13.9 Å². The van der Waals surface area contributed by atoms with Crippen LogP contribution in [0.4, 0.5) is 4.39 Å². The third-order valence-electron chi connectivity index (χ3n) is 4.79. The van der Waals surface area contributed by atoms with Gasteiger partial charge in [-0.15, -0.1) is 0 Å². The maximum Gasteiger partial charge on any atom is 0.123 e. The molecule has 0 unspecified atom stereocenters. The minimum Gasteiger partial charge on any atom is -0.497 e. The van der Waals surface area contributed by atoms with Crippen LogP contribution in [-0.2, 0) is 5.41 Å². The van der Waals surface area contributed by atoms with Gasteiger partial charge in [-0.25, -0.2) is 4.39 Å². The van der Waals surface area contributed by atoms with E-state index in [4.69, 9.17) is 9.47 Å². The van der Waals surface area contributed by atoms with E-state index in [1.807, 2.05) is 24.3 Å². The van der Waals surface area contributed by atoms with E-state index in [1.165, 1.54) is 6.07 Å². The molecule has 0 saturated carbocycles. The Morgan fingerprint density at radius 3 is 2.23 bits per heavy atom. The van der Waals surface area contributed by atoms with Gasteiger partial charge in [-0.05, 0) is 47.4 Å². The van der Waals surface area contributed by atoms with E-state index in [2.05, 4.69) is 26.8 Å². The van der Waals surface area contributed by atoms with Crippen LogP contribution < -0.4 is 9.47 Å². The van der Waals surface area contributed by atoms with Crippen LogP contribution in [0.3, 0.4) is 0 Å². The second-order valence-electron chi connectivity index (χ2n) is 7.00. The number of hydrogen-bond acceptors (Lipinski definition) is 2. The first-order valence-corrected chi connectivity index (χ1v) is 9.12. The van der Waals surface area contributed by atoms with Crippen LogP contribution in [0.1, 0.15) is 51.2 Å². The molecule has 2 nitrogen and oxygen atoms in total. The summed E-state index contributed by atoms with van der Waals surface area (Å²) in [5.41, 5.74) is 2.76. The Balaban J connectivity index is 2.56. The standard InChI is InChI=1S/C23H29FO2/c1-6-7-8-12-22(17-10-9-11-19(24)13-17)23(2,3)18-14-20(25-4)16-21(15-18)26-5/h9-16H,6-8H2,1-5H3/b22-12+. The van der Waals surface area contributed by atoms with Gasteiger partial charge in [0.15, 0.2) is 0 Å². The fourth-order valence-corrected chi connectivity index (χ4v) is 3.16. The number of methoxy groups -OCH3 is 2. The average molecular weight is 356 g/mol. The van der Waals surface area contributed by atoms with E-state index in [1.54, 1.807) is 26.4 Å². The Morgan fingerprint density at radius 1 is 1.04 bits per heavy atom. The highest BCUT2D eigenvalue weighted by Gasteiger charge is 2.28. The van der Waals surface area contributed by atoms with Crippen molar-refractivity contribution in [2.45, 2.75) is 45.4 Å². The van der Waals surface area contributed by atoms with Crippen molar-refractivity contribution in [1.29, 1.82) is 0 Å². The number of ether oxygens (including phenoxy) is 2. The Bertz CT molecular complexity index is 740. The van der Waals surface area contributed by atoms with Crippen molar-refractivity contribution in [1.82, 2.24) is 0 Å². The van der Waals surface area contributed by atoms with Gasteiger partial charge in [0.1, 0.15) is 17.3 Å². The maximum atomic E-state index is 13.9. The van der Waals surface area contributed by atoms with Crippen molar-refractivity contribution in [3.63, 3.8) is 0 Å². The first-order valence-electron chi connectivity index (χ1n) is 9.12. The molecule has 0 heterocycles. The first-order chi connectivity index (χ1) is 12.4. The summed E-state index contributed by atoms with van der Waals surface area (Å²) in [6, 6.07) is 12.7. The zero-order chi connectivity index (χ0) is 19.2. The number of allylic oxidation sites excluding steroid dienone is 2. The van der Waals surface area contributed by atoms with E-state index < -0.39 is 0 Å². The Labute approximate surface area is 156 Å². The molecule has 2 rings (SSSR count). The monoisotopic (exact) mass is 356 g/mol. The second kappa shape index (κ2) is 8.88. The predicted molar refractivity (Wildman–Crippen MR) is 106 cm³/mol.